The molecule has 1 aromatic heterocycles. The number of rotatable bonds is 4. The second-order valence-electron chi connectivity index (χ2n) is 4.51. The van der Waals surface area contributed by atoms with Gasteiger partial charge >= 0.3 is 0 Å². The molecule has 1 fully saturated rings. The minimum absolute atomic E-state index is 0.0698. The van der Waals surface area contributed by atoms with Gasteiger partial charge in [-0.3, -0.25) is 0 Å². The highest BCUT2D eigenvalue weighted by Gasteiger charge is 2.25. The van der Waals surface area contributed by atoms with Crippen molar-refractivity contribution in [1.82, 2.24) is 14.3 Å². The Morgan fingerprint density at radius 2 is 2.35 bits per heavy atom. The van der Waals surface area contributed by atoms with E-state index in [2.05, 4.69) is 9.71 Å². The Balaban J connectivity index is 1.94. The number of hydrogen-bond donors (Lipinski definition) is 1. The third-order valence-corrected chi connectivity index (χ3v) is 4.70. The van der Waals surface area contributed by atoms with Crippen molar-refractivity contribution in [3.05, 3.63) is 12.5 Å². The van der Waals surface area contributed by atoms with Crippen LogP contribution in [-0.2, 0) is 17.1 Å². The van der Waals surface area contributed by atoms with E-state index >= 15 is 0 Å². The first-order valence-electron chi connectivity index (χ1n) is 5.59. The fourth-order valence-corrected chi connectivity index (χ4v) is 3.50. The Kier molecular flexibility index (Phi) is 3.75. The number of halogens is 1. The molecule has 17 heavy (non-hydrogen) atoms. The number of sulfonamides is 1. The number of imidazole rings is 1. The van der Waals surface area contributed by atoms with Gasteiger partial charge in [-0.1, -0.05) is 0 Å². The Labute approximate surface area is 106 Å². The summed E-state index contributed by atoms with van der Waals surface area (Å²) >= 11 is 5.98. The fourth-order valence-electron chi connectivity index (χ4n) is 2.03. The second-order valence-corrected chi connectivity index (χ2v) is 6.84. The van der Waals surface area contributed by atoms with E-state index in [1.54, 1.807) is 11.6 Å². The number of nitrogens with zero attached hydrogens (tertiary/aromatic N) is 2. The molecule has 5 nitrogen and oxygen atoms in total. The number of aryl methyl sites for hydroxylation is 1. The lowest BCUT2D eigenvalue weighted by Gasteiger charge is -2.09. The molecule has 0 amide bonds. The summed E-state index contributed by atoms with van der Waals surface area (Å²) in [6.45, 7) is 0.447. The van der Waals surface area contributed by atoms with Crippen LogP contribution in [0.1, 0.15) is 19.3 Å². The summed E-state index contributed by atoms with van der Waals surface area (Å²) in [6.07, 6.45) is 5.79. The maximum atomic E-state index is 11.9. The number of hydrogen-bond acceptors (Lipinski definition) is 3. The van der Waals surface area contributed by atoms with Gasteiger partial charge in [-0.05, 0) is 25.2 Å². The Morgan fingerprint density at radius 1 is 1.59 bits per heavy atom. The van der Waals surface area contributed by atoms with E-state index in [4.69, 9.17) is 11.6 Å². The molecule has 0 spiro atoms. The average Bonchev–Trinajstić information content (AvgIpc) is 2.85. The highest BCUT2D eigenvalue weighted by Crippen LogP contribution is 2.28. The van der Waals surface area contributed by atoms with Crippen LogP contribution in [0.15, 0.2) is 17.6 Å². The topological polar surface area (TPSA) is 64.0 Å². The molecule has 0 radical (unpaired) electrons. The van der Waals surface area contributed by atoms with E-state index in [1.807, 2.05) is 0 Å². The molecule has 0 aliphatic heterocycles. The lowest BCUT2D eigenvalue weighted by molar-refractivity contribution is 0.519. The zero-order valence-electron chi connectivity index (χ0n) is 9.63. The van der Waals surface area contributed by atoms with E-state index in [0.717, 1.165) is 19.3 Å². The van der Waals surface area contributed by atoms with Crippen LogP contribution in [0.5, 0.6) is 0 Å². The van der Waals surface area contributed by atoms with Gasteiger partial charge in [-0.2, -0.15) is 0 Å². The molecule has 0 saturated heterocycles. The van der Waals surface area contributed by atoms with Gasteiger partial charge in [0.1, 0.15) is 0 Å². The maximum absolute atomic E-state index is 11.9. The zero-order valence-corrected chi connectivity index (χ0v) is 11.2. The van der Waals surface area contributed by atoms with Gasteiger partial charge in [0.05, 0.1) is 6.33 Å². The summed E-state index contributed by atoms with van der Waals surface area (Å²) in [5.74, 6) is 0.344. The van der Waals surface area contributed by atoms with Crippen molar-refractivity contribution in [3.63, 3.8) is 0 Å². The molecule has 1 saturated carbocycles. The van der Waals surface area contributed by atoms with E-state index in [-0.39, 0.29) is 10.4 Å². The lowest BCUT2D eigenvalue weighted by atomic mass is 10.1. The molecule has 1 N–H and O–H groups in total. The van der Waals surface area contributed by atoms with Crippen molar-refractivity contribution in [2.45, 2.75) is 29.7 Å². The molecule has 1 aromatic rings. The molecule has 2 atom stereocenters. The quantitative estimate of drug-likeness (QED) is 0.839. The van der Waals surface area contributed by atoms with Gasteiger partial charge in [0, 0.05) is 25.2 Å². The molecule has 0 bridgehead atoms. The summed E-state index contributed by atoms with van der Waals surface area (Å²) < 4.78 is 27.9. The van der Waals surface area contributed by atoms with Crippen LogP contribution in [0.25, 0.3) is 0 Å². The minimum atomic E-state index is -3.47. The highest BCUT2D eigenvalue weighted by molar-refractivity contribution is 7.89. The monoisotopic (exact) mass is 277 g/mol. The molecule has 2 unspecified atom stereocenters. The van der Waals surface area contributed by atoms with Gasteiger partial charge in [0.25, 0.3) is 10.0 Å². The third-order valence-electron chi connectivity index (χ3n) is 3.00. The van der Waals surface area contributed by atoms with E-state index in [0.29, 0.717) is 12.5 Å². The van der Waals surface area contributed by atoms with Crippen molar-refractivity contribution in [1.29, 1.82) is 0 Å². The molecule has 1 aliphatic carbocycles. The van der Waals surface area contributed by atoms with Crippen molar-refractivity contribution in [2.75, 3.05) is 6.54 Å². The van der Waals surface area contributed by atoms with Gasteiger partial charge in [-0.15, -0.1) is 11.6 Å². The van der Waals surface area contributed by atoms with Gasteiger partial charge < -0.3 is 4.57 Å². The third kappa shape index (κ3) is 3.20. The first kappa shape index (κ1) is 12.9. The van der Waals surface area contributed by atoms with Crippen LogP contribution in [0, 0.1) is 5.92 Å². The van der Waals surface area contributed by atoms with Crippen LogP contribution in [0.3, 0.4) is 0 Å². The average molecular weight is 278 g/mol. The highest BCUT2D eigenvalue weighted by atomic mass is 35.5. The minimum Gasteiger partial charge on any atom is -0.339 e. The van der Waals surface area contributed by atoms with Crippen LogP contribution >= 0.6 is 11.6 Å². The molecule has 7 heteroatoms. The smallest absolute Gasteiger partial charge is 0.259 e. The van der Waals surface area contributed by atoms with Crippen molar-refractivity contribution in [2.24, 2.45) is 13.0 Å². The summed E-state index contributed by atoms with van der Waals surface area (Å²) in [5.41, 5.74) is 0. The predicted molar refractivity (Wildman–Crippen MR) is 65.4 cm³/mol. The van der Waals surface area contributed by atoms with Gasteiger partial charge in [0.2, 0.25) is 0 Å². The molecule has 1 heterocycles. The molecule has 96 valence electrons. The molecular weight excluding hydrogens is 262 g/mol. The van der Waals surface area contributed by atoms with Crippen molar-refractivity contribution in [3.8, 4) is 0 Å². The van der Waals surface area contributed by atoms with Gasteiger partial charge in [-0.25, -0.2) is 18.1 Å². The lowest BCUT2D eigenvalue weighted by Crippen LogP contribution is -2.29. The van der Waals surface area contributed by atoms with E-state index < -0.39 is 10.0 Å². The molecule has 0 aromatic carbocycles. The first-order chi connectivity index (χ1) is 7.97. The predicted octanol–water partition coefficient (Wildman–Crippen LogP) is 1.11. The molecule has 1 aliphatic rings. The molecule has 2 rings (SSSR count). The van der Waals surface area contributed by atoms with Crippen LogP contribution in [0.2, 0.25) is 0 Å². The van der Waals surface area contributed by atoms with Crippen molar-refractivity contribution < 1.29 is 8.42 Å². The van der Waals surface area contributed by atoms with Crippen LogP contribution in [-0.4, -0.2) is 29.9 Å². The van der Waals surface area contributed by atoms with Gasteiger partial charge in [0.15, 0.2) is 5.03 Å². The standard InChI is InChI=1S/C10H16ClN3O2S/c1-14-6-10(12-7-14)17(15,16)13-5-8-2-3-9(11)4-8/h6-9,13H,2-5H2,1H3. The summed E-state index contributed by atoms with van der Waals surface area (Å²) in [6, 6.07) is 0. The summed E-state index contributed by atoms with van der Waals surface area (Å²) in [4.78, 5) is 3.83. The maximum Gasteiger partial charge on any atom is 0.259 e. The second kappa shape index (κ2) is 4.96. The number of nitrogens with one attached hydrogen (secondary N) is 1. The van der Waals surface area contributed by atoms with E-state index in [1.165, 1.54) is 12.5 Å². The fraction of sp³-hybridized carbons (Fsp3) is 0.700. The zero-order chi connectivity index (χ0) is 12.5. The molecular formula is C10H16ClN3O2S. The van der Waals surface area contributed by atoms with Crippen molar-refractivity contribution >= 4 is 21.6 Å². The number of alkyl halides is 1. The van der Waals surface area contributed by atoms with Crippen LogP contribution < -0.4 is 4.72 Å². The summed E-state index contributed by atoms with van der Waals surface area (Å²) in [7, 11) is -1.73. The van der Waals surface area contributed by atoms with Crippen LogP contribution in [0.4, 0.5) is 0 Å². The Hall–Kier alpha value is -0.590. The van der Waals surface area contributed by atoms with E-state index in [9.17, 15) is 8.42 Å². The largest absolute Gasteiger partial charge is 0.339 e. The summed E-state index contributed by atoms with van der Waals surface area (Å²) in [5, 5.41) is 0.264. The Bertz CT molecular complexity index is 485. The first-order valence-corrected chi connectivity index (χ1v) is 7.51. The number of aromatic nitrogens is 2. The Morgan fingerprint density at radius 3 is 2.88 bits per heavy atom. The normalized spacial score (nSPS) is 25.3. The SMILES string of the molecule is Cn1cnc(S(=O)(=O)NCC2CCC(Cl)C2)c1.